The first kappa shape index (κ1) is 14.4. The van der Waals surface area contributed by atoms with Crippen molar-refractivity contribution in [2.75, 3.05) is 25.5 Å². The van der Waals surface area contributed by atoms with Crippen molar-refractivity contribution in [2.45, 2.75) is 19.4 Å². The molecular weight excluding hydrogens is 286 g/mol. The van der Waals surface area contributed by atoms with Crippen molar-refractivity contribution in [3.05, 3.63) is 28.8 Å². The summed E-state index contributed by atoms with van der Waals surface area (Å²) in [6, 6.07) is 3.10. The molecule has 2 aliphatic rings. The fourth-order valence-electron chi connectivity index (χ4n) is 3.07. The molecule has 1 fully saturated rings. The number of carbonyl (C=O) groups is 3. The van der Waals surface area contributed by atoms with Gasteiger partial charge in [-0.15, -0.1) is 0 Å². The predicted octanol–water partition coefficient (Wildman–Crippen LogP) is 1.60. The highest BCUT2D eigenvalue weighted by Crippen LogP contribution is 2.32. The number of carbonyl (C=O) groups excluding carboxylic acids is 2. The zero-order chi connectivity index (χ0) is 15.9. The van der Waals surface area contributed by atoms with Crippen LogP contribution in [-0.4, -0.2) is 53.0 Å². The molecule has 3 amide bonds. The highest BCUT2D eigenvalue weighted by atomic mass is 16.4. The molecule has 0 saturated carbocycles. The summed E-state index contributed by atoms with van der Waals surface area (Å²) < 4.78 is 0. The summed E-state index contributed by atoms with van der Waals surface area (Å²) >= 11 is 0. The van der Waals surface area contributed by atoms with E-state index in [1.807, 2.05) is 0 Å². The monoisotopic (exact) mass is 303 g/mol. The minimum absolute atomic E-state index is 0.0845. The summed E-state index contributed by atoms with van der Waals surface area (Å²) in [7, 11) is 1.64. The second kappa shape index (κ2) is 5.32. The quantitative estimate of drug-likeness (QED) is 0.868. The Kier molecular flexibility index (Phi) is 3.48. The normalized spacial score (nSPS) is 16.9. The molecule has 0 aliphatic carbocycles. The van der Waals surface area contributed by atoms with Crippen molar-refractivity contribution < 1.29 is 19.5 Å². The summed E-state index contributed by atoms with van der Waals surface area (Å²) in [5, 5.41) is 11.1. The molecule has 116 valence electrons. The zero-order valence-corrected chi connectivity index (χ0v) is 12.3. The van der Waals surface area contributed by atoms with Crippen LogP contribution >= 0.6 is 0 Å². The third kappa shape index (κ3) is 2.28. The SMILES string of the molecule is CN1Cc2c(C(=O)N3CCCC3)ccc(NC(=O)O)c2C1=O. The van der Waals surface area contributed by atoms with Crippen LogP contribution < -0.4 is 5.32 Å². The van der Waals surface area contributed by atoms with Crippen LogP contribution in [0.4, 0.5) is 10.5 Å². The number of benzene rings is 1. The molecule has 2 heterocycles. The molecule has 1 aromatic carbocycles. The molecule has 3 rings (SSSR count). The van der Waals surface area contributed by atoms with Gasteiger partial charge < -0.3 is 14.9 Å². The van der Waals surface area contributed by atoms with Crippen molar-refractivity contribution >= 4 is 23.6 Å². The summed E-state index contributed by atoms with van der Waals surface area (Å²) in [6.07, 6.45) is 0.750. The highest BCUT2D eigenvalue weighted by Gasteiger charge is 2.33. The van der Waals surface area contributed by atoms with Gasteiger partial charge in [-0.05, 0) is 30.5 Å². The fourth-order valence-corrected chi connectivity index (χ4v) is 3.07. The maximum atomic E-state index is 12.6. The predicted molar refractivity (Wildman–Crippen MR) is 79.0 cm³/mol. The fraction of sp³-hybridized carbons (Fsp3) is 0.400. The summed E-state index contributed by atoms with van der Waals surface area (Å²) in [5.41, 5.74) is 1.62. The van der Waals surface area contributed by atoms with E-state index in [4.69, 9.17) is 5.11 Å². The number of likely N-dealkylation sites (tertiary alicyclic amines) is 1. The van der Waals surface area contributed by atoms with E-state index in [9.17, 15) is 14.4 Å². The molecule has 1 aromatic rings. The summed E-state index contributed by atoms with van der Waals surface area (Å²) in [5.74, 6) is -0.353. The topological polar surface area (TPSA) is 90.0 Å². The first-order valence-electron chi connectivity index (χ1n) is 7.19. The van der Waals surface area contributed by atoms with Crippen LogP contribution in [0.5, 0.6) is 0 Å². The second-order valence-electron chi connectivity index (χ2n) is 5.60. The van der Waals surface area contributed by atoms with E-state index in [1.165, 1.54) is 11.0 Å². The number of anilines is 1. The zero-order valence-electron chi connectivity index (χ0n) is 12.3. The van der Waals surface area contributed by atoms with Gasteiger partial charge in [-0.3, -0.25) is 14.9 Å². The molecule has 7 nitrogen and oxygen atoms in total. The van der Waals surface area contributed by atoms with Crippen LogP contribution in [0.1, 0.15) is 39.1 Å². The summed E-state index contributed by atoms with van der Waals surface area (Å²) in [6.45, 7) is 1.78. The van der Waals surface area contributed by atoms with Gasteiger partial charge in [0, 0.05) is 32.2 Å². The lowest BCUT2D eigenvalue weighted by Crippen LogP contribution is -2.28. The van der Waals surface area contributed by atoms with Crippen molar-refractivity contribution in [2.24, 2.45) is 0 Å². The summed E-state index contributed by atoms with van der Waals surface area (Å²) in [4.78, 5) is 39.0. The lowest BCUT2D eigenvalue weighted by Gasteiger charge is -2.18. The average Bonchev–Trinajstić information content (AvgIpc) is 3.08. The van der Waals surface area contributed by atoms with Crippen LogP contribution in [0.25, 0.3) is 0 Å². The molecule has 0 bridgehead atoms. The van der Waals surface area contributed by atoms with Gasteiger partial charge in [0.25, 0.3) is 11.8 Å². The molecule has 0 atom stereocenters. The first-order valence-corrected chi connectivity index (χ1v) is 7.19. The first-order chi connectivity index (χ1) is 10.5. The minimum Gasteiger partial charge on any atom is -0.465 e. The van der Waals surface area contributed by atoms with Crippen LogP contribution in [0.2, 0.25) is 0 Å². The van der Waals surface area contributed by atoms with E-state index in [1.54, 1.807) is 18.0 Å². The van der Waals surface area contributed by atoms with E-state index >= 15 is 0 Å². The molecule has 2 N–H and O–H groups in total. The molecule has 0 spiro atoms. The highest BCUT2D eigenvalue weighted by molar-refractivity contribution is 6.09. The van der Waals surface area contributed by atoms with Crippen LogP contribution in [0.3, 0.4) is 0 Å². The lowest BCUT2D eigenvalue weighted by molar-refractivity contribution is 0.0785. The molecule has 2 aliphatic heterocycles. The smallest absolute Gasteiger partial charge is 0.409 e. The Hall–Kier alpha value is -2.57. The third-order valence-corrected chi connectivity index (χ3v) is 4.13. The van der Waals surface area contributed by atoms with E-state index in [0.29, 0.717) is 17.7 Å². The number of hydrogen-bond donors (Lipinski definition) is 2. The van der Waals surface area contributed by atoms with Gasteiger partial charge in [0.2, 0.25) is 0 Å². The van der Waals surface area contributed by atoms with Crippen molar-refractivity contribution in [3.8, 4) is 0 Å². The number of hydrogen-bond acceptors (Lipinski definition) is 3. The van der Waals surface area contributed by atoms with E-state index in [-0.39, 0.29) is 23.1 Å². The molecule has 0 aromatic heterocycles. The van der Waals surface area contributed by atoms with E-state index < -0.39 is 6.09 Å². The van der Waals surface area contributed by atoms with E-state index in [2.05, 4.69) is 5.32 Å². The number of amides is 3. The van der Waals surface area contributed by atoms with Crippen LogP contribution in [0, 0.1) is 0 Å². The molecule has 1 saturated heterocycles. The average molecular weight is 303 g/mol. The molecule has 7 heteroatoms. The van der Waals surface area contributed by atoms with Crippen molar-refractivity contribution in [1.82, 2.24) is 9.80 Å². The number of fused-ring (bicyclic) bond motifs is 1. The molecular formula is C15H17N3O4. The van der Waals surface area contributed by atoms with Crippen LogP contribution in [0.15, 0.2) is 12.1 Å². The third-order valence-electron chi connectivity index (χ3n) is 4.13. The van der Waals surface area contributed by atoms with Gasteiger partial charge in [-0.25, -0.2) is 4.79 Å². The van der Waals surface area contributed by atoms with Crippen molar-refractivity contribution in [3.63, 3.8) is 0 Å². The lowest BCUT2D eigenvalue weighted by atomic mass is 10.00. The van der Waals surface area contributed by atoms with Gasteiger partial charge in [-0.1, -0.05) is 0 Å². The Bertz CT molecular complexity index is 665. The Morgan fingerprint density at radius 1 is 1.23 bits per heavy atom. The standard InChI is InChI=1S/C15H17N3O4/c1-17-8-10-9(13(19)18-6-2-3-7-18)4-5-11(16-15(21)22)12(10)14(17)20/h4-5,16H,2-3,6-8H2,1H3,(H,21,22). The Balaban J connectivity index is 2.05. The van der Waals surface area contributed by atoms with Crippen molar-refractivity contribution in [1.29, 1.82) is 0 Å². The van der Waals surface area contributed by atoms with E-state index in [0.717, 1.165) is 25.9 Å². The minimum atomic E-state index is -1.23. The number of carboxylic acid groups (broad SMARTS) is 1. The Morgan fingerprint density at radius 3 is 2.55 bits per heavy atom. The number of rotatable bonds is 2. The molecule has 0 radical (unpaired) electrons. The largest absolute Gasteiger partial charge is 0.465 e. The van der Waals surface area contributed by atoms with Crippen LogP contribution in [-0.2, 0) is 6.54 Å². The van der Waals surface area contributed by atoms with Gasteiger partial charge >= 0.3 is 6.09 Å². The van der Waals surface area contributed by atoms with Gasteiger partial charge in [0.1, 0.15) is 0 Å². The maximum absolute atomic E-state index is 12.6. The van der Waals surface area contributed by atoms with Gasteiger partial charge in [-0.2, -0.15) is 0 Å². The molecule has 22 heavy (non-hydrogen) atoms. The molecule has 0 unspecified atom stereocenters. The number of nitrogens with zero attached hydrogens (tertiary/aromatic N) is 2. The maximum Gasteiger partial charge on any atom is 0.409 e. The second-order valence-corrected chi connectivity index (χ2v) is 5.60. The van der Waals surface area contributed by atoms with Gasteiger partial charge in [0.15, 0.2) is 0 Å². The van der Waals surface area contributed by atoms with Gasteiger partial charge in [0.05, 0.1) is 11.3 Å². The Labute approximate surface area is 127 Å². The number of nitrogens with one attached hydrogen (secondary N) is 1. The Morgan fingerprint density at radius 2 is 1.91 bits per heavy atom.